The van der Waals surface area contributed by atoms with E-state index in [0.717, 1.165) is 12.8 Å². The Morgan fingerprint density at radius 3 is 2.67 bits per heavy atom. The predicted molar refractivity (Wildman–Crippen MR) is 64.8 cm³/mol. The van der Waals surface area contributed by atoms with Crippen molar-refractivity contribution in [2.75, 3.05) is 25.2 Å². The highest BCUT2D eigenvalue weighted by Crippen LogP contribution is 2.49. The lowest BCUT2D eigenvalue weighted by Gasteiger charge is -2.12. The van der Waals surface area contributed by atoms with Crippen LogP contribution in [0.3, 0.4) is 0 Å². The van der Waals surface area contributed by atoms with Crippen LogP contribution in [0.2, 0.25) is 0 Å². The van der Waals surface area contributed by atoms with Crippen LogP contribution in [-0.4, -0.2) is 41.2 Å². The second-order valence-electron chi connectivity index (χ2n) is 4.42. The molecule has 0 aromatic rings. The fraction of sp³-hybridized carbons (Fsp3) is 0.727. The number of carbonyl (C=O) groups excluding carboxylic acids is 2. The normalized spacial score (nSPS) is 17.3. The molecule has 0 heterocycles. The van der Waals surface area contributed by atoms with Crippen molar-refractivity contribution in [3.63, 3.8) is 0 Å². The quantitative estimate of drug-likeness (QED) is 0.508. The lowest BCUT2D eigenvalue weighted by Crippen LogP contribution is -2.30. The first-order chi connectivity index (χ1) is 8.51. The van der Waals surface area contributed by atoms with Crippen molar-refractivity contribution in [3.8, 4) is 6.07 Å². The second kappa shape index (κ2) is 6.50. The molecule has 1 aliphatic carbocycles. The van der Waals surface area contributed by atoms with Crippen molar-refractivity contribution >= 4 is 22.7 Å². The number of carbonyl (C=O) groups is 2. The third-order valence-electron chi connectivity index (χ3n) is 2.83. The van der Waals surface area contributed by atoms with Crippen molar-refractivity contribution in [3.05, 3.63) is 0 Å². The van der Waals surface area contributed by atoms with Crippen LogP contribution in [0, 0.1) is 16.7 Å². The SMILES string of the molecule is COC(=O)CC1(CS(=O)CC(=O)NCC#N)CC1. The summed E-state index contributed by atoms with van der Waals surface area (Å²) >= 11 is 0. The molecule has 1 rings (SSSR count). The average molecular weight is 272 g/mol. The second-order valence-corrected chi connectivity index (χ2v) is 5.87. The van der Waals surface area contributed by atoms with Crippen LogP contribution < -0.4 is 5.32 Å². The fourth-order valence-corrected chi connectivity index (χ4v) is 3.23. The standard InChI is InChI=1S/C11H16N2O4S/c1-17-10(15)6-11(2-3-11)8-18(16)7-9(14)13-5-4-12/h2-3,5-8H2,1H3,(H,13,14). The van der Waals surface area contributed by atoms with E-state index in [2.05, 4.69) is 10.1 Å². The van der Waals surface area contributed by atoms with Crippen LogP contribution in [0.4, 0.5) is 0 Å². The molecular formula is C11H16N2O4S. The van der Waals surface area contributed by atoms with E-state index in [0.29, 0.717) is 5.75 Å². The molecule has 0 aromatic carbocycles. The molecule has 0 spiro atoms. The van der Waals surface area contributed by atoms with Crippen LogP contribution in [0.25, 0.3) is 0 Å². The molecular weight excluding hydrogens is 256 g/mol. The molecule has 7 heteroatoms. The Hall–Kier alpha value is -1.42. The van der Waals surface area contributed by atoms with Gasteiger partial charge in [0.1, 0.15) is 12.3 Å². The Kier molecular flexibility index (Phi) is 5.28. The number of nitriles is 1. The maximum absolute atomic E-state index is 11.8. The topological polar surface area (TPSA) is 96.3 Å². The number of nitrogens with zero attached hydrogens (tertiary/aromatic N) is 1. The Morgan fingerprint density at radius 1 is 1.50 bits per heavy atom. The van der Waals surface area contributed by atoms with E-state index in [4.69, 9.17) is 5.26 Å². The number of ether oxygens (including phenoxy) is 1. The summed E-state index contributed by atoms with van der Waals surface area (Å²) in [5, 5.41) is 10.6. The van der Waals surface area contributed by atoms with Crippen molar-refractivity contribution < 1.29 is 18.5 Å². The smallest absolute Gasteiger partial charge is 0.306 e. The number of esters is 1. The number of rotatable bonds is 7. The van der Waals surface area contributed by atoms with Gasteiger partial charge in [0.25, 0.3) is 0 Å². The molecule has 0 saturated heterocycles. The minimum absolute atomic E-state index is 0.0800. The molecule has 1 amide bonds. The zero-order valence-electron chi connectivity index (χ0n) is 10.2. The zero-order valence-corrected chi connectivity index (χ0v) is 11.0. The summed E-state index contributed by atoms with van der Waals surface area (Å²) in [5.41, 5.74) is -0.243. The Morgan fingerprint density at radius 2 is 2.17 bits per heavy atom. The third kappa shape index (κ3) is 4.84. The summed E-state index contributed by atoms with van der Waals surface area (Å²) in [4.78, 5) is 22.4. The van der Waals surface area contributed by atoms with Crippen LogP contribution >= 0.6 is 0 Å². The van der Waals surface area contributed by atoms with E-state index in [1.165, 1.54) is 7.11 Å². The molecule has 1 fully saturated rings. The Labute approximate surface area is 108 Å². The molecule has 1 unspecified atom stereocenters. The van der Waals surface area contributed by atoms with Crippen molar-refractivity contribution in [2.45, 2.75) is 19.3 Å². The molecule has 6 nitrogen and oxygen atoms in total. The van der Waals surface area contributed by atoms with Gasteiger partial charge in [-0.25, -0.2) is 0 Å². The van der Waals surface area contributed by atoms with E-state index in [1.54, 1.807) is 6.07 Å². The van der Waals surface area contributed by atoms with E-state index < -0.39 is 16.7 Å². The van der Waals surface area contributed by atoms with Crippen LogP contribution in [0.5, 0.6) is 0 Å². The first-order valence-corrected chi connectivity index (χ1v) is 7.05. The molecule has 0 aliphatic heterocycles. The van der Waals surface area contributed by atoms with E-state index >= 15 is 0 Å². The van der Waals surface area contributed by atoms with Gasteiger partial charge in [0, 0.05) is 16.6 Å². The van der Waals surface area contributed by atoms with Gasteiger partial charge in [-0.2, -0.15) is 5.26 Å². The van der Waals surface area contributed by atoms with Gasteiger partial charge in [0.2, 0.25) is 5.91 Å². The molecule has 18 heavy (non-hydrogen) atoms. The van der Waals surface area contributed by atoms with Crippen molar-refractivity contribution in [1.82, 2.24) is 5.32 Å². The molecule has 1 N–H and O–H groups in total. The maximum atomic E-state index is 11.8. The molecule has 100 valence electrons. The summed E-state index contributed by atoms with van der Waals surface area (Å²) in [6.45, 7) is -0.0800. The summed E-state index contributed by atoms with van der Waals surface area (Å²) in [7, 11) is 0.0160. The molecule has 1 atom stereocenters. The monoisotopic (exact) mass is 272 g/mol. The summed E-state index contributed by atoms with van der Waals surface area (Å²) in [6, 6.07) is 1.77. The number of hydrogen-bond acceptors (Lipinski definition) is 5. The van der Waals surface area contributed by atoms with E-state index in [9.17, 15) is 13.8 Å². The van der Waals surface area contributed by atoms with Crippen LogP contribution in [0.15, 0.2) is 0 Å². The lowest BCUT2D eigenvalue weighted by molar-refractivity contribution is -0.141. The van der Waals surface area contributed by atoms with Crippen molar-refractivity contribution in [1.29, 1.82) is 5.26 Å². The van der Waals surface area contributed by atoms with Gasteiger partial charge in [-0.3, -0.25) is 13.8 Å². The minimum Gasteiger partial charge on any atom is -0.469 e. The molecule has 1 saturated carbocycles. The summed E-state index contributed by atoms with van der Waals surface area (Å²) < 4.78 is 16.3. The van der Waals surface area contributed by atoms with Gasteiger partial charge >= 0.3 is 5.97 Å². The highest BCUT2D eigenvalue weighted by molar-refractivity contribution is 7.85. The van der Waals surface area contributed by atoms with Gasteiger partial charge in [0.05, 0.1) is 19.6 Å². The average Bonchev–Trinajstić information content (AvgIpc) is 3.05. The van der Waals surface area contributed by atoms with Gasteiger partial charge in [-0.05, 0) is 18.3 Å². The van der Waals surface area contributed by atoms with Crippen molar-refractivity contribution in [2.24, 2.45) is 5.41 Å². The number of methoxy groups -OCH3 is 1. The third-order valence-corrected chi connectivity index (χ3v) is 4.35. The fourth-order valence-electron chi connectivity index (χ4n) is 1.66. The highest BCUT2D eigenvalue weighted by atomic mass is 32.2. The van der Waals surface area contributed by atoms with Gasteiger partial charge in [0.15, 0.2) is 0 Å². The highest BCUT2D eigenvalue weighted by Gasteiger charge is 2.46. The number of hydrogen-bond donors (Lipinski definition) is 1. The molecule has 1 aliphatic rings. The summed E-state index contributed by atoms with van der Waals surface area (Å²) in [6.07, 6.45) is 1.94. The van der Waals surface area contributed by atoms with E-state index in [1.807, 2.05) is 0 Å². The molecule has 0 bridgehead atoms. The number of nitrogens with one attached hydrogen (secondary N) is 1. The zero-order chi connectivity index (χ0) is 13.6. The Balaban J connectivity index is 2.34. The van der Waals surface area contributed by atoms with Gasteiger partial charge in [-0.15, -0.1) is 0 Å². The Bertz CT molecular complexity index is 398. The van der Waals surface area contributed by atoms with Crippen LogP contribution in [-0.2, 0) is 25.1 Å². The lowest BCUT2D eigenvalue weighted by atomic mass is 10.1. The number of amides is 1. The van der Waals surface area contributed by atoms with E-state index in [-0.39, 0.29) is 30.1 Å². The maximum Gasteiger partial charge on any atom is 0.306 e. The minimum atomic E-state index is -1.31. The van der Waals surface area contributed by atoms with Gasteiger partial charge < -0.3 is 10.1 Å². The first kappa shape index (κ1) is 14.6. The van der Waals surface area contributed by atoms with Crippen LogP contribution in [0.1, 0.15) is 19.3 Å². The largest absolute Gasteiger partial charge is 0.469 e. The first-order valence-electron chi connectivity index (χ1n) is 5.57. The molecule has 0 radical (unpaired) electrons. The predicted octanol–water partition coefficient (Wildman–Crippen LogP) is -0.282. The van der Waals surface area contributed by atoms with Gasteiger partial charge in [-0.1, -0.05) is 0 Å². The molecule has 0 aromatic heterocycles. The summed E-state index contributed by atoms with van der Waals surface area (Å²) in [5.74, 6) is -0.491.